The van der Waals surface area contributed by atoms with E-state index in [2.05, 4.69) is 205 Å². The van der Waals surface area contributed by atoms with Crippen LogP contribution in [0.25, 0.3) is 108 Å². The van der Waals surface area contributed by atoms with Gasteiger partial charge in [0.25, 0.3) is 0 Å². The Balaban J connectivity index is 1.05. The number of anilines is 3. The zero-order valence-electron chi connectivity index (χ0n) is 33.4. The molecule has 0 aliphatic heterocycles. The van der Waals surface area contributed by atoms with Gasteiger partial charge in [-0.1, -0.05) is 164 Å². The first-order chi connectivity index (χ1) is 30.7. The number of benzene rings is 10. The van der Waals surface area contributed by atoms with Gasteiger partial charge in [0.2, 0.25) is 0 Å². The van der Waals surface area contributed by atoms with Crippen LogP contribution in [0.3, 0.4) is 0 Å². The SMILES string of the molecule is c1ccc(-c2ccc(N(c3cc(-c4ccc(-c5cccc6c5oc5ccccc56)cc4)c4c(c3)oc3c5ccccc5ccc34)c3cccc4c3sc3ccccc34)cc2)cc1. The molecule has 3 aromatic heterocycles. The van der Waals surface area contributed by atoms with Crippen molar-refractivity contribution in [2.75, 3.05) is 4.90 Å². The van der Waals surface area contributed by atoms with Crippen molar-refractivity contribution in [3.63, 3.8) is 0 Å². The molecule has 13 aromatic rings. The molecule has 0 aliphatic carbocycles. The third kappa shape index (κ3) is 5.44. The number of nitrogens with zero attached hydrogens (tertiary/aromatic N) is 1. The number of hydrogen-bond donors (Lipinski definition) is 0. The lowest BCUT2D eigenvalue weighted by Crippen LogP contribution is -2.10. The maximum absolute atomic E-state index is 7.04. The van der Waals surface area contributed by atoms with Gasteiger partial charge in [0.05, 0.1) is 16.1 Å². The number of para-hydroxylation sites is 2. The Morgan fingerprint density at radius 1 is 0.355 bits per heavy atom. The van der Waals surface area contributed by atoms with Crippen LogP contribution in [0.15, 0.2) is 221 Å². The van der Waals surface area contributed by atoms with E-state index in [4.69, 9.17) is 8.83 Å². The molecule has 62 heavy (non-hydrogen) atoms. The van der Waals surface area contributed by atoms with Crippen molar-refractivity contribution in [1.29, 1.82) is 0 Å². The van der Waals surface area contributed by atoms with E-state index < -0.39 is 0 Å². The van der Waals surface area contributed by atoms with E-state index in [9.17, 15) is 0 Å². The van der Waals surface area contributed by atoms with E-state index in [1.165, 1.54) is 31.3 Å². The standard InChI is InChI=1S/C58H35NO2S/c1-2-12-36(13-3-1)37-28-31-41(32-29-37)59(51-21-11-20-48-46-17-7-9-23-54(46)62-58(48)51)42-34-50(55-49-33-30-38-14-4-5-15-43(38)57(49)61-53(55)35-42)40-26-24-39(25-27-40)44-18-10-19-47-45-16-6-8-22-52(45)60-56(44)47/h1-35H. The summed E-state index contributed by atoms with van der Waals surface area (Å²) in [6, 6.07) is 76.2. The molecule has 0 saturated heterocycles. The van der Waals surface area contributed by atoms with Gasteiger partial charge in [0, 0.05) is 59.7 Å². The molecule has 0 spiro atoms. The van der Waals surface area contributed by atoms with Gasteiger partial charge in [-0.3, -0.25) is 0 Å². The van der Waals surface area contributed by atoms with E-state index in [1.807, 2.05) is 23.5 Å². The molecule has 13 rings (SSSR count). The van der Waals surface area contributed by atoms with Crippen LogP contribution in [0.2, 0.25) is 0 Å². The molecule has 0 fully saturated rings. The van der Waals surface area contributed by atoms with Crippen molar-refractivity contribution in [3.05, 3.63) is 212 Å². The van der Waals surface area contributed by atoms with Crippen molar-refractivity contribution in [3.8, 4) is 33.4 Å². The summed E-state index contributed by atoms with van der Waals surface area (Å²) in [5, 5.41) is 9.23. The lowest BCUT2D eigenvalue weighted by Gasteiger charge is -2.27. The van der Waals surface area contributed by atoms with Gasteiger partial charge < -0.3 is 13.7 Å². The van der Waals surface area contributed by atoms with Gasteiger partial charge >= 0.3 is 0 Å². The fraction of sp³-hybridized carbons (Fsp3) is 0. The van der Waals surface area contributed by atoms with Crippen molar-refractivity contribution in [1.82, 2.24) is 0 Å². The smallest absolute Gasteiger partial charge is 0.143 e. The third-order valence-corrected chi connectivity index (χ3v) is 13.7. The van der Waals surface area contributed by atoms with Gasteiger partial charge in [0.15, 0.2) is 0 Å². The van der Waals surface area contributed by atoms with Crippen LogP contribution in [-0.2, 0) is 0 Å². The predicted molar refractivity (Wildman–Crippen MR) is 262 cm³/mol. The Bertz CT molecular complexity index is 3860. The van der Waals surface area contributed by atoms with Gasteiger partial charge in [-0.2, -0.15) is 0 Å². The van der Waals surface area contributed by atoms with Gasteiger partial charge in [-0.05, 0) is 75.7 Å². The minimum atomic E-state index is 0.842. The van der Waals surface area contributed by atoms with E-state index >= 15 is 0 Å². The first kappa shape index (κ1) is 34.9. The summed E-state index contributed by atoms with van der Waals surface area (Å²) in [7, 11) is 0. The molecule has 0 bridgehead atoms. The number of rotatable bonds is 6. The molecule has 0 N–H and O–H groups in total. The first-order valence-electron chi connectivity index (χ1n) is 21.0. The third-order valence-electron chi connectivity index (χ3n) is 12.5. The molecule has 10 aromatic carbocycles. The highest BCUT2D eigenvalue weighted by Gasteiger charge is 2.23. The molecule has 0 amide bonds. The highest BCUT2D eigenvalue weighted by Crippen LogP contribution is 2.49. The fourth-order valence-corrected chi connectivity index (χ4v) is 10.8. The van der Waals surface area contributed by atoms with Crippen LogP contribution in [0.5, 0.6) is 0 Å². The number of fused-ring (bicyclic) bond motifs is 11. The second-order valence-corrected chi connectivity index (χ2v) is 17.0. The molecule has 3 heterocycles. The predicted octanol–water partition coefficient (Wildman–Crippen LogP) is 17.5. The van der Waals surface area contributed by atoms with Crippen LogP contribution >= 0.6 is 11.3 Å². The Morgan fingerprint density at radius 3 is 1.85 bits per heavy atom. The monoisotopic (exact) mass is 809 g/mol. The van der Waals surface area contributed by atoms with Gasteiger partial charge in [-0.25, -0.2) is 0 Å². The second-order valence-electron chi connectivity index (χ2n) is 16.0. The zero-order valence-corrected chi connectivity index (χ0v) is 34.2. The minimum Gasteiger partial charge on any atom is -0.455 e. The second kappa shape index (κ2) is 13.8. The molecular formula is C58H35NO2S. The molecule has 0 atom stereocenters. The van der Waals surface area contributed by atoms with E-state index in [1.54, 1.807) is 0 Å². The van der Waals surface area contributed by atoms with Crippen LogP contribution < -0.4 is 4.90 Å². The molecular weight excluding hydrogens is 775 g/mol. The highest BCUT2D eigenvalue weighted by atomic mass is 32.1. The largest absolute Gasteiger partial charge is 0.455 e. The highest BCUT2D eigenvalue weighted by molar-refractivity contribution is 7.26. The number of hydrogen-bond acceptors (Lipinski definition) is 4. The Morgan fingerprint density at radius 2 is 1.00 bits per heavy atom. The minimum absolute atomic E-state index is 0.842. The summed E-state index contributed by atoms with van der Waals surface area (Å²) < 4.78 is 16.0. The average Bonchev–Trinajstić information content (AvgIpc) is 4.04. The van der Waals surface area contributed by atoms with E-state index in [0.29, 0.717) is 0 Å². The van der Waals surface area contributed by atoms with Gasteiger partial charge in [0.1, 0.15) is 22.3 Å². The summed E-state index contributed by atoms with van der Waals surface area (Å²) in [6.45, 7) is 0. The zero-order chi connectivity index (χ0) is 40.7. The van der Waals surface area contributed by atoms with Crippen molar-refractivity contribution >= 4 is 103 Å². The summed E-state index contributed by atoms with van der Waals surface area (Å²) in [5.74, 6) is 0. The summed E-state index contributed by atoms with van der Waals surface area (Å²) in [5.41, 5.74) is 13.5. The van der Waals surface area contributed by atoms with Crippen molar-refractivity contribution < 1.29 is 8.83 Å². The van der Waals surface area contributed by atoms with E-state index in [0.717, 1.165) is 94.0 Å². The quantitative estimate of drug-likeness (QED) is 0.168. The van der Waals surface area contributed by atoms with Crippen molar-refractivity contribution in [2.24, 2.45) is 0 Å². The Hall–Kier alpha value is -7.92. The fourth-order valence-electron chi connectivity index (χ4n) is 9.55. The lowest BCUT2D eigenvalue weighted by molar-refractivity contribution is 0.670. The number of thiophene rings is 1. The average molecular weight is 810 g/mol. The topological polar surface area (TPSA) is 29.5 Å². The summed E-state index contributed by atoms with van der Waals surface area (Å²) in [4.78, 5) is 2.41. The van der Waals surface area contributed by atoms with Crippen LogP contribution in [0.4, 0.5) is 17.1 Å². The van der Waals surface area contributed by atoms with E-state index in [-0.39, 0.29) is 0 Å². The maximum Gasteiger partial charge on any atom is 0.143 e. The van der Waals surface area contributed by atoms with Crippen LogP contribution in [-0.4, -0.2) is 0 Å². The Labute approximate surface area is 360 Å². The Kier molecular flexibility index (Phi) is 7.78. The molecule has 0 unspecified atom stereocenters. The van der Waals surface area contributed by atoms with Gasteiger partial charge in [-0.15, -0.1) is 11.3 Å². The first-order valence-corrected chi connectivity index (χ1v) is 21.8. The van der Waals surface area contributed by atoms with Crippen LogP contribution in [0.1, 0.15) is 0 Å². The lowest BCUT2D eigenvalue weighted by atomic mass is 9.95. The number of furan rings is 2. The normalized spacial score (nSPS) is 11.9. The molecule has 0 saturated carbocycles. The molecule has 0 radical (unpaired) electrons. The van der Waals surface area contributed by atoms with Crippen molar-refractivity contribution in [2.45, 2.75) is 0 Å². The molecule has 4 heteroatoms. The maximum atomic E-state index is 7.04. The molecule has 290 valence electrons. The molecule has 3 nitrogen and oxygen atoms in total. The summed E-state index contributed by atoms with van der Waals surface area (Å²) in [6.07, 6.45) is 0. The molecule has 0 aliphatic rings. The summed E-state index contributed by atoms with van der Waals surface area (Å²) >= 11 is 1.84. The van der Waals surface area contributed by atoms with Crippen LogP contribution in [0, 0.1) is 0 Å².